The summed E-state index contributed by atoms with van der Waals surface area (Å²) in [4.78, 5) is 10.7. The number of carbonyl (C=O) groups excluding carboxylic acids is 1. The van der Waals surface area contributed by atoms with Gasteiger partial charge in [0.15, 0.2) is 0 Å². The number of methoxy groups -OCH3 is 1. The molecule has 0 aliphatic heterocycles. The SMILES string of the molecule is COC(=O)/C=C/c1ccc(C(F)F)cc1. The Morgan fingerprint density at radius 2 is 1.93 bits per heavy atom. The summed E-state index contributed by atoms with van der Waals surface area (Å²) >= 11 is 0. The number of hydrogen-bond donors (Lipinski definition) is 0. The van der Waals surface area contributed by atoms with Crippen LogP contribution in [0.5, 0.6) is 0 Å². The van der Waals surface area contributed by atoms with Gasteiger partial charge >= 0.3 is 5.97 Å². The molecule has 0 saturated carbocycles. The van der Waals surface area contributed by atoms with Gasteiger partial charge < -0.3 is 4.74 Å². The fourth-order valence-electron chi connectivity index (χ4n) is 0.985. The third kappa shape index (κ3) is 3.50. The second-order valence-electron chi connectivity index (χ2n) is 2.82. The lowest BCUT2D eigenvalue weighted by molar-refractivity contribution is -0.134. The minimum absolute atomic E-state index is 0.0368. The molecule has 0 atom stereocenters. The van der Waals surface area contributed by atoms with Crippen LogP contribution in [0, 0.1) is 0 Å². The van der Waals surface area contributed by atoms with Crippen molar-refractivity contribution in [1.29, 1.82) is 0 Å². The van der Waals surface area contributed by atoms with Crippen molar-refractivity contribution < 1.29 is 18.3 Å². The fourth-order valence-corrected chi connectivity index (χ4v) is 0.985. The largest absolute Gasteiger partial charge is 0.466 e. The molecular formula is C11H10F2O2. The smallest absolute Gasteiger partial charge is 0.330 e. The third-order valence-corrected chi connectivity index (χ3v) is 1.80. The van der Waals surface area contributed by atoms with E-state index in [1.807, 2.05) is 0 Å². The van der Waals surface area contributed by atoms with Gasteiger partial charge in [0, 0.05) is 11.6 Å². The van der Waals surface area contributed by atoms with Gasteiger partial charge in [0.05, 0.1) is 7.11 Å². The lowest BCUT2D eigenvalue weighted by Crippen LogP contribution is -1.93. The summed E-state index contributed by atoms with van der Waals surface area (Å²) in [6, 6.07) is 5.67. The number of benzene rings is 1. The van der Waals surface area contributed by atoms with Crippen molar-refractivity contribution in [3.63, 3.8) is 0 Å². The van der Waals surface area contributed by atoms with E-state index in [0.29, 0.717) is 5.56 Å². The van der Waals surface area contributed by atoms with Gasteiger partial charge in [-0.2, -0.15) is 0 Å². The predicted octanol–water partition coefficient (Wildman–Crippen LogP) is 2.81. The van der Waals surface area contributed by atoms with Crippen molar-refractivity contribution in [1.82, 2.24) is 0 Å². The van der Waals surface area contributed by atoms with Crippen molar-refractivity contribution >= 4 is 12.0 Å². The third-order valence-electron chi connectivity index (χ3n) is 1.80. The Bertz CT molecular complexity index is 355. The van der Waals surface area contributed by atoms with Crippen LogP contribution in [-0.4, -0.2) is 13.1 Å². The Hall–Kier alpha value is -1.71. The van der Waals surface area contributed by atoms with E-state index in [4.69, 9.17) is 0 Å². The van der Waals surface area contributed by atoms with Gasteiger partial charge in [-0.3, -0.25) is 0 Å². The highest BCUT2D eigenvalue weighted by Crippen LogP contribution is 2.18. The molecule has 1 aromatic rings. The van der Waals surface area contributed by atoms with Gasteiger partial charge in [-0.1, -0.05) is 24.3 Å². The quantitative estimate of drug-likeness (QED) is 0.568. The molecule has 1 aromatic carbocycles. The number of ether oxygens (including phenoxy) is 1. The van der Waals surface area contributed by atoms with E-state index in [1.54, 1.807) is 0 Å². The minimum atomic E-state index is -2.47. The zero-order valence-electron chi connectivity index (χ0n) is 8.11. The number of carbonyl (C=O) groups is 1. The molecule has 0 aliphatic rings. The van der Waals surface area contributed by atoms with Crippen LogP contribution in [0.2, 0.25) is 0 Å². The van der Waals surface area contributed by atoms with Crippen LogP contribution in [0.15, 0.2) is 30.3 Å². The Balaban J connectivity index is 2.72. The van der Waals surface area contributed by atoms with Gasteiger partial charge in [0.25, 0.3) is 6.43 Å². The van der Waals surface area contributed by atoms with Crippen molar-refractivity contribution in [2.24, 2.45) is 0 Å². The molecule has 0 heterocycles. The summed E-state index contributed by atoms with van der Waals surface area (Å²) in [6.07, 6.45) is 0.266. The molecule has 1 rings (SSSR count). The zero-order valence-corrected chi connectivity index (χ0v) is 8.11. The highest BCUT2D eigenvalue weighted by atomic mass is 19.3. The fraction of sp³-hybridized carbons (Fsp3) is 0.182. The number of hydrogen-bond acceptors (Lipinski definition) is 2. The second-order valence-corrected chi connectivity index (χ2v) is 2.82. The van der Waals surface area contributed by atoms with Crippen LogP contribution in [-0.2, 0) is 9.53 Å². The zero-order chi connectivity index (χ0) is 11.3. The van der Waals surface area contributed by atoms with Gasteiger partial charge in [0.2, 0.25) is 0 Å². The summed E-state index contributed by atoms with van der Waals surface area (Å²) in [7, 11) is 1.27. The van der Waals surface area contributed by atoms with E-state index >= 15 is 0 Å². The predicted molar refractivity (Wildman–Crippen MR) is 52.4 cm³/mol. The van der Waals surface area contributed by atoms with E-state index < -0.39 is 12.4 Å². The number of halogens is 2. The van der Waals surface area contributed by atoms with Gasteiger partial charge in [-0.05, 0) is 11.6 Å². The standard InChI is InChI=1S/C11H10F2O2/c1-15-10(14)7-4-8-2-5-9(6-3-8)11(12)13/h2-7,11H,1H3/b7-4+. The van der Waals surface area contributed by atoms with Crippen LogP contribution in [0.1, 0.15) is 17.6 Å². The minimum Gasteiger partial charge on any atom is -0.466 e. The van der Waals surface area contributed by atoms with Crippen molar-refractivity contribution in [2.75, 3.05) is 7.11 Å². The first kappa shape index (κ1) is 11.4. The average molecular weight is 212 g/mol. The molecule has 0 N–H and O–H groups in total. The first-order valence-electron chi connectivity index (χ1n) is 4.27. The van der Waals surface area contributed by atoms with Crippen molar-refractivity contribution in [2.45, 2.75) is 6.43 Å². The van der Waals surface area contributed by atoms with E-state index in [9.17, 15) is 13.6 Å². The molecule has 0 aliphatic carbocycles. The first-order chi connectivity index (χ1) is 7.13. The van der Waals surface area contributed by atoms with Crippen LogP contribution in [0.25, 0.3) is 6.08 Å². The molecule has 80 valence electrons. The van der Waals surface area contributed by atoms with Crippen LogP contribution < -0.4 is 0 Å². The molecule has 0 bridgehead atoms. The Kier molecular flexibility index (Phi) is 3.97. The van der Waals surface area contributed by atoms with Crippen LogP contribution in [0.3, 0.4) is 0 Å². The molecule has 0 saturated heterocycles. The van der Waals surface area contributed by atoms with Gasteiger partial charge in [-0.25, -0.2) is 13.6 Å². The monoisotopic (exact) mass is 212 g/mol. The average Bonchev–Trinajstić information content (AvgIpc) is 2.26. The molecule has 0 radical (unpaired) electrons. The van der Waals surface area contributed by atoms with E-state index in [0.717, 1.165) is 0 Å². The summed E-state index contributed by atoms with van der Waals surface area (Å²) in [5.74, 6) is -0.479. The van der Waals surface area contributed by atoms with Crippen molar-refractivity contribution in [3.05, 3.63) is 41.5 Å². The van der Waals surface area contributed by atoms with Gasteiger partial charge in [0.1, 0.15) is 0 Å². The van der Waals surface area contributed by atoms with Crippen LogP contribution in [0.4, 0.5) is 8.78 Å². The molecule has 0 fully saturated rings. The molecule has 0 amide bonds. The maximum atomic E-state index is 12.2. The molecule has 0 spiro atoms. The molecule has 0 aromatic heterocycles. The Morgan fingerprint density at radius 3 is 2.40 bits per heavy atom. The molecule has 15 heavy (non-hydrogen) atoms. The summed E-state index contributed by atoms with van der Waals surface area (Å²) < 4.78 is 28.7. The summed E-state index contributed by atoms with van der Waals surface area (Å²) in [5, 5.41) is 0. The van der Waals surface area contributed by atoms with E-state index in [1.165, 1.54) is 43.5 Å². The normalized spacial score (nSPS) is 10.9. The van der Waals surface area contributed by atoms with Gasteiger partial charge in [-0.15, -0.1) is 0 Å². The van der Waals surface area contributed by atoms with Crippen molar-refractivity contribution in [3.8, 4) is 0 Å². The lowest BCUT2D eigenvalue weighted by atomic mass is 10.1. The number of esters is 1. The molecule has 2 nitrogen and oxygen atoms in total. The number of rotatable bonds is 3. The first-order valence-corrected chi connectivity index (χ1v) is 4.27. The Morgan fingerprint density at radius 1 is 1.33 bits per heavy atom. The Labute approximate surface area is 86.2 Å². The summed E-state index contributed by atoms with van der Waals surface area (Å²) in [5.41, 5.74) is 0.634. The molecular weight excluding hydrogens is 202 g/mol. The maximum Gasteiger partial charge on any atom is 0.330 e. The number of alkyl halides is 2. The van der Waals surface area contributed by atoms with Crippen LogP contribution >= 0.6 is 0 Å². The second kappa shape index (κ2) is 5.24. The van der Waals surface area contributed by atoms with E-state index in [2.05, 4.69) is 4.74 Å². The van der Waals surface area contributed by atoms with E-state index in [-0.39, 0.29) is 5.56 Å². The maximum absolute atomic E-state index is 12.2. The molecule has 4 heteroatoms. The lowest BCUT2D eigenvalue weighted by Gasteiger charge is -1.99. The highest BCUT2D eigenvalue weighted by Gasteiger charge is 2.04. The highest BCUT2D eigenvalue weighted by molar-refractivity contribution is 5.86. The summed E-state index contributed by atoms with van der Waals surface area (Å²) in [6.45, 7) is 0. The molecule has 0 unspecified atom stereocenters. The topological polar surface area (TPSA) is 26.3 Å².